The molecule has 2 N–H and O–H groups in total. The summed E-state index contributed by atoms with van der Waals surface area (Å²) in [4.78, 5) is 0. The molecule has 0 aliphatic heterocycles. The molecule has 17 heavy (non-hydrogen) atoms. The topological polar surface area (TPSA) is 52.0 Å². The van der Waals surface area contributed by atoms with Crippen LogP contribution in [0.1, 0.15) is 42.9 Å². The van der Waals surface area contributed by atoms with Gasteiger partial charge in [-0.15, -0.1) is 0 Å². The van der Waals surface area contributed by atoms with Crippen LogP contribution in [-0.2, 0) is 6.42 Å². The highest BCUT2D eigenvalue weighted by molar-refractivity contribution is 5.80. The van der Waals surface area contributed by atoms with E-state index in [0.717, 1.165) is 17.7 Å². The summed E-state index contributed by atoms with van der Waals surface area (Å²) in [6, 6.07) is 6.36. The van der Waals surface area contributed by atoms with Crippen molar-refractivity contribution in [1.29, 1.82) is 0 Å². The second-order valence-electron chi connectivity index (χ2n) is 4.92. The molecule has 1 aliphatic rings. The Kier molecular flexibility index (Phi) is 2.85. The van der Waals surface area contributed by atoms with E-state index >= 15 is 0 Å². The molecule has 1 heterocycles. The number of fused-ring (bicyclic) bond motifs is 1. The standard InChI is InChI=1S/C14H18N2O/c15-8-7-10-5-6-12-13(9-10)17-16-14(12)11-3-1-2-4-11/h5-6,9,11H,1-4,7-8,15H2. The molecule has 1 aromatic carbocycles. The van der Waals surface area contributed by atoms with Gasteiger partial charge >= 0.3 is 0 Å². The summed E-state index contributed by atoms with van der Waals surface area (Å²) in [5.74, 6) is 0.608. The predicted molar refractivity (Wildman–Crippen MR) is 68.0 cm³/mol. The van der Waals surface area contributed by atoms with Gasteiger partial charge in [-0.3, -0.25) is 0 Å². The molecule has 0 atom stereocenters. The molecule has 1 aliphatic carbocycles. The van der Waals surface area contributed by atoms with E-state index in [1.165, 1.54) is 36.6 Å². The van der Waals surface area contributed by atoms with E-state index in [-0.39, 0.29) is 0 Å². The van der Waals surface area contributed by atoms with Crippen LogP contribution in [0.4, 0.5) is 0 Å². The summed E-state index contributed by atoms with van der Waals surface area (Å²) in [7, 11) is 0. The third-order valence-electron chi connectivity index (χ3n) is 3.74. The summed E-state index contributed by atoms with van der Waals surface area (Å²) in [5.41, 5.74) is 8.87. The number of hydrogen-bond donors (Lipinski definition) is 1. The van der Waals surface area contributed by atoms with E-state index in [1.807, 2.05) is 0 Å². The number of rotatable bonds is 3. The van der Waals surface area contributed by atoms with Gasteiger partial charge < -0.3 is 10.3 Å². The molecular formula is C14H18N2O. The maximum Gasteiger partial charge on any atom is 0.167 e. The van der Waals surface area contributed by atoms with Crippen LogP contribution in [0.3, 0.4) is 0 Å². The molecule has 1 fully saturated rings. The largest absolute Gasteiger partial charge is 0.356 e. The normalized spacial score (nSPS) is 17.0. The van der Waals surface area contributed by atoms with Gasteiger partial charge in [0, 0.05) is 11.3 Å². The number of aromatic nitrogens is 1. The van der Waals surface area contributed by atoms with Gasteiger partial charge in [-0.25, -0.2) is 0 Å². The van der Waals surface area contributed by atoms with Crippen LogP contribution in [0.15, 0.2) is 22.7 Å². The van der Waals surface area contributed by atoms with Crippen molar-refractivity contribution in [2.24, 2.45) is 5.73 Å². The van der Waals surface area contributed by atoms with Gasteiger partial charge in [0.15, 0.2) is 5.58 Å². The lowest BCUT2D eigenvalue weighted by molar-refractivity contribution is 0.436. The van der Waals surface area contributed by atoms with Gasteiger partial charge in [0.05, 0.1) is 5.69 Å². The molecule has 2 aromatic rings. The lowest BCUT2D eigenvalue weighted by atomic mass is 9.99. The van der Waals surface area contributed by atoms with Crippen molar-refractivity contribution in [3.05, 3.63) is 29.5 Å². The van der Waals surface area contributed by atoms with Crippen LogP contribution in [-0.4, -0.2) is 11.7 Å². The highest BCUT2D eigenvalue weighted by Gasteiger charge is 2.22. The quantitative estimate of drug-likeness (QED) is 0.881. The third kappa shape index (κ3) is 1.95. The monoisotopic (exact) mass is 230 g/mol. The Balaban J connectivity index is 1.98. The lowest BCUT2D eigenvalue weighted by Gasteiger charge is -2.04. The third-order valence-corrected chi connectivity index (χ3v) is 3.74. The molecule has 0 saturated heterocycles. The average molecular weight is 230 g/mol. The molecule has 3 rings (SSSR count). The zero-order valence-electron chi connectivity index (χ0n) is 9.98. The fourth-order valence-corrected chi connectivity index (χ4v) is 2.82. The minimum absolute atomic E-state index is 0.608. The van der Waals surface area contributed by atoms with Crippen molar-refractivity contribution in [3.8, 4) is 0 Å². The summed E-state index contributed by atoms with van der Waals surface area (Å²) >= 11 is 0. The average Bonchev–Trinajstić information content (AvgIpc) is 2.96. The van der Waals surface area contributed by atoms with Gasteiger partial charge in [-0.2, -0.15) is 0 Å². The first kappa shape index (κ1) is 10.8. The fraction of sp³-hybridized carbons (Fsp3) is 0.500. The van der Waals surface area contributed by atoms with Gasteiger partial charge in [-0.05, 0) is 43.5 Å². The van der Waals surface area contributed by atoms with Crippen LogP contribution in [0.5, 0.6) is 0 Å². The second kappa shape index (κ2) is 4.49. The van der Waals surface area contributed by atoms with Gasteiger partial charge in [0.25, 0.3) is 0 Å². The van der Waals surface area contributed by atoms with Crippen molar-refractivity contribution < 1.29 is 4.52 Å². The zero-order chi connectivity index (χ0) is 11.7. The second-order valence-corrected chi connectivity index (χ2v) is 4.92. The zero-order valence-corrected chi connectivity index (χ0v) is 9.98. The molecule has 90 valence electrons. The van der Waals surface area contributed by atoms with Crippen molar-refractivity contribution in [2.45, 2.75) is 38.0 Å². The minimum Gasteiger partial charge on any atom is -0.356 e. The van der Waals surface area contributed by atoms with Crippen molar-refractivity contribution in [1.82, 2.24) is 5.16 Å². The highest BCUT2D eigenvalue weighted by Crippen LogP contribution is 2.37. The lowest BCUT2D eigenvalue weighted by Crippen LogP contribution is -2.02. The Morgan fingerprint density at radius 1 is 1.29 bits per heavy atom. The van der Waals surface area contributed by atoms with Gasteiger partial charge in [0.2, 0.25) is 0 Å². The van der Waals surface area contributed by atoms with E-state index in [1.54, 1.807) is 0 Å². The Morgan fingerprint density at radius 3 is 2.88 bits per heavy atom. The number of nitrogens with two attached hydrogens (primary N) is 1. The van der Waals surface area contributed by atoms with Crippen LogP contribution >= 0.6 is 0 Å². The smallest absolute Gasteiger partial charge is 0.167 e. The molecule has 0 bridgehead atoms. The van der Waals surface area contributed by atoms with E-state index in [4.69, 9.17) is 10.3 Å². The molecular weight excluding hydrogens is 212 g/mol. The molecule has 1 aromatic heterocycles. The van der Waals surface area contributed by atoms with Crippen LogP contribution < -0.4 is 5.73 Å². The Bertz CT molecular complexity index is 512. The molecule has 3 heteroatoms. The molecule has 0 spiro atoms. The van der Waals surface area contributed by atoms with Crippen molar-refractivity contribution in [3.63, 3.8) is 0 Å². The van der Waals surface area contributed by atoms with E-state index in [2.05, 4.69) is 23.4 Å². The fourth-order valence-electron chi connectivity index (χ4n) is 2.82. The predicted octanol–water partition coefficient (Wildman–Crippen LogP) is 2.99. The van der Waals surface area contributed by atoms with Crippen LogP contribution in [0.2, 0.25) is 0 Å². The van der Waals surface area contributed by atoms with Crippen molar-refractivity contribution >= 4 is 11.0 Å². The molecule has 0 amide bonds. The molecule has 3 nitrogen and oxygen atoms in total. The first-order valence-electron chi connectivity index (χ1n) is 6.47. The Labute approximate surface area is 101 Å². The van der Waals surface area contributed by atoms with Crippen LogP contribution in [0.25, 0.3) is 11.0 Å². The Hall–Kier alpha value is -1.35. The maximum absolute atomic E-state index is 5.56. The van der Waals surface area contributed by atoms with E-state index in [0.29, 0.717) is 12.5 Å². The summed E-state index contributed by atoms with van der Waals surface area (Å²) in [6.07, 6.45) is 6.06. The minimum atomic E-state index is 0.608. The summed E-state index contributed by atoms with van der Waals surface area (Å²) < 4.78 is 5.46. The van der Waals surface area contributed by atoms with E-state index in [9.17, 15) is 0 Å². The first-order valence-corrected chi connectivity index (χ1v) is 6.47. The maximum atomic E-state index is 5.56. The summed E-state index contributed by atoms with van der Waals surface area (Å²) in [6.45, 7) is 0.676. The van der Waals surface area contributed by atoms with Gasteiger partial charge in [0.1, 0.15) is 0 Å². The van der Waals surface area contributed by atoms with Crippen LogP contribution in [0, 0.1) is 0 Å². The molecule has 0 unspecified atom stereocenters. The number of benzene rings is 1. The van der Waals surface area contributed by atoms with Gasteiger partial charge in [-0.1, -0.05) is 24.1 Å². The SMILES string of the molecule is NCCc1ccc2c(C3CCCC3)noc2c1. The highest BCUT2D eigenvalue weighted by atomic mass is 16.5. The summed E-state index contributed by atoms with van der Waals surface area (Å²) in [5, 5.41) is 5.46. The van der Waals surface area contributed by atoms with Crippen molar-refractivity contribution in [2.75, 3.05) is 6.54 Å². The van der Waals surface area contributed by atoms with E-state index < -0.39 is 0 Å². The molecule has 1 saturated carbocycles. The molecule has 0 radical (unpaired) electrons. The number of hydrogen-bond acceptors (Lipinski definition) is 3. The Morgan fingerprint density at radius 2 is 2.12 bits per heavy atom. The number of nitrogens with zero attached hydrogens (tertiary/aromatic N) is 1. The first-order chi connectivity index (χ1) is 8.38.